The number of benzene rings is 2. The fraction of sp³-hybridized carbons (Fsp3) is 0.387. The number of amides is 3. The Kier molecular flexibility index (Phi) is 11.8. The molecule has 1 saturated heterocycles. The highest BCUT2D eigenvalue weighted by Crippen LogP contribution is 2.32. The van der Waals surface area contributed by atoms with Gasteiger partial charge in [-0.3, -0.25) is 14.4 Å². The minimum atomic E-state index is -3.44. The number of aromatic nitrogens is 1. The van der Waals surface area contributed by atoms with Crippen molar-refractivity contribution in [3.63, 3.8) is 0 Å². The van der Waals surface area contributed by atoms with Crippen molar-refractivity contribution in [3.05, 3.63) is 76.4 Å². The highest BCUT2D eigenvalue weighted by Gasteiger charge is 2.29. The minimum Gasteiger partial charge on any atom is -0.437 e. The van der Waals surface area contributed by atoms with Gasteiger partial charge < -0.3 is 21.1 Å². The molecule has 3 aromatic rings. The van der Waals surface area contributed by atoms with Crippen molar-refractivity contribution < 1.29 is 31.5 Å². The van der Waals surface area contributed by atoms with Gasteiger partial charge in [-0.25, -0.2) is 27.0 Å². The Bertz CT molecular complexity index is 1660. The van der Waals surface area contributed by atoms with E-state index in [2.05, 4.69) is 32.2 Å². The van der Waals surface area contributed by atoms with Crippen molar-refractivity contribution in [1.82, 2.24) is 15.2 Å². The fourth-order valence-electron chi connectivity index (χ4n) is 5.17. The number of unbranched alkanes of at least 4 members (excludes halogenated alkanes) is 1. The molecule has 1 aromatic heterocycles. The molecule has 0 aliphatic carbocycles. The Morgan fingerprint density at radius 3 is 2.57 bits per heavy atom. The zero-order valence-electron chi connectivity index (χ0n) is 25.5. The lowest BCUT2D eigenvalue weighted by molar-refractivity contribution is 0.0996. The number of urea groups is 1. The summed E-state index contributed by atoms with van der Waals surface area (Å²) in [6.07, 6.45) is 5.97. The second kappa shape index (κ2) is 15.5. The van der Waals surface area contributed by atoms with Crippen molar-refractivity contribution >= 4 is 44.9 Å². The summed E-state index contributed by atoms with van der Waals surface area (Å²) in [6.45, 7) is 4.97. The Morgan fingerprint density at radius 2 is 1.91 bits per heavy atom. The van der Waals surface area contributed by atoms with Crippen LogP contribution in [-0.2, 0) is 16.6 Å². The lowest BCUT2D eigenvalue weighted by atomic mass is 9.93. The predicted molar refractivity (Wildman–Crippen MR) is 173 cm³/mol. The Hall–Kier alpha value is -4.01. The summed E-state index contributed by atoms with van der Waals surface area (Å²) in [4.78, 5) is 30.9. The number of ether oxygens (including phenoxy) is 1. The molecule has 0 spiro atoms. The number of nitrogens with zero attached hydrogens (tertiary/aromatic N) is 2. The summed E-state index contributed by atoms with van der Waals surface area (Å²) in [5.74, 6) is -2.60. The number of halogens is 3. The number of piperidine rings is 1. The monoisotopic (exact) mass is 678 g/mol. The lowest BCUT2D eigenvalue weighted by Crippen LogP contribution is -2.50. The molecule has 1 aliphatic rings. The van der Waals surface area contributed by atoms with E-state index in [1.54, 1.807) is 24.4 Å². The van der Waals surface area contributed by atoms with E-state index in [9.17, 15) is 26.8 Å². The molecule has 2 heterocycles. The molecule has 0 saturated carbocycles. The molecule has 248 valence electrons. The summed E-state index contributed by atoms with van der Waals surface area (Å²) >= 11 is 6.31. The summed E-state index contributed by atoms with van der Waals surface area (Å²) in [5, 5.41) is 5.46. The van der Waals surface area contributed by atoms with Gasteiger partial charge in [-0.05, 0) is 56.0 Å². The number of carbonyl (C=O) groups is 2. The number of hydrogen-bond acceptors (Lipinski definition) is 7. The number of likely N-dealkylation sites (tertiary alicyclic amines) is 1. The SMILES string of the molecule is CCCCC1CC(NC(=O)Nc2cc(C(N)=O)c(F)cc2F)CCN1Cc1ccc(Oc2ccc(NS(=O)(=O)CC)cc2Cl)nc1. The predicted octanol–water partition coefficient (Wildman–Crippen LogP) is 6.01. The standard InChI is InChI=1S/C31H37ClF2N6O5S/c1-3-5-6-22-13-20(37-31(42)38-27-15-23(30(35)41)25(33)16-26(27)34)11-12-40(22)18-19-7-10-29(36-17-19)45-28-9-8-21(14-24(28)32)39-46(43,44)4-2/h7-10,14-17,20,22,39H,3-6,11-13,18H2,1-2H3,(H2,35,41)(H2,37,38,42). The van der Waals surface area contributed by atoms with Crippen molar-refractivity contribution in [1.29, 1.82) is 0 Å². The van der Waals surface area contributed by atoms with Gasteiger partial charge in [0.15, 0.2) is 0 Å². The lowest BCUT2D eigenvalue weighted by Gasteiger charge is -2.40. The number of hydrogen-bond donors (Lipinski definition) is 4. The maximum atomic E-state index is 14.2. The van der Waals surface area contributed by atoms with E-state index in [0.29, 0.717) is 49.3 Å². The molecule has 0 bridgehead atoms. The number of rotatable bonds is 13. The third-order valence-electron chi connectivity index (χ3n) is 7.62. The first kappa shape index (κ1) is 34.9. The number of nitrogens with one attached hydrogen (secondary N) is 3. The molecular weight excluding hydrogens is 642 g/mol. The average Bonchev–Trinajstić information content (AvgIpc) is 3.00. The van der Waals surface area contributed by atoms with Crippen molar-refractivity contribution in [3.8, 4) is 11.6 Å². The topological polar surface area (TPSA) is 156 Å². The quantitative estimate of drug-likeness (QED) is 0.173. The number of pyridine rings is 1. The van der Waals surface area contributed by atoms with Crippen LogP contribution in [0.5, 0.6) is 11.6 Å². The Balaban J connectivity index is 1.35. The third kappa shape index (κ3) is 9.50. The number of nitrogens with two attached hydrogens (primary N) is 1. The molecule has 5 N–H and O–H groups in total. The second-order valence-electron chi connectivity index (χ2n) is 11.0. The van der Waals surface area contributed by atoms with Crippen molar-refractivity contribution in [2.45, 2.75) is 64.6 Å². The first-order valence-electron chi connectivity index (χ1n) is 14.9. The van der Waals surface area contributed by atoms with E-state index in [-0.39, 0.29) is 28.5 Å². The smallest absolute Gasteiger partial charge is 0.319 e. The third-order valence-corrected chi connectivity index (χ3v) is 9.22. The molecule has 2 unspecified atom stereocenters. The van der Waals surface area contributed by atoms with E-state index in [1.165, 1.54) is 13.0 Å². The van der Waals surface area contributed by atoms with Crippen molar-refractivity contribution in [2.24, 2.45) is 5.73 Å². The average molecular weight is 679 g/mol. The van der Waals surface area contributed by atoms with Gasteiger partial charge in [0.1, 0.15) is 17.4 Å². The van der Waals surface area contributed by atoms with Crippen LogP contribution in [-0.4, -0.2) is 54.6 Å². The molecule has 1 aliphatic heterocycles. The first-order valence-corrected chi connectivity index (χ1v) is 16.9. The molecule has 2 aromatic carbocycles. The molecular formula is C31H37ClF2N6O5S. The molecule has 46 heavy (non-hydrogen) atoms. The van der Waals surface area contributed by atoms with E-state index in [0.717, 1.165) is 30.9 Å². The van der Waals surface area contributed by atoms with Crippen LogP contribution in [0, 0.1) is 11.6 Å². The van der Waals surface area contributed by atoms with Gasteiger partial charge in [0, 0.05) is 43.5 Å². The summed E-state index contributed by atoms with van der Waals surface area (Å²) < 4.78 is 59.9. The van der Waals surface area contributed by atoms with Gasteiger partial charge in [-0.1, -0.05) is 37.4 Å². The van der Waals surface area contributed by atoms with E-state index in [4.69, 9.17) is 22.1 Å². The summed E-state index contributed by atoms with van der Waals surface area (Å²) in [6, 6.07) is 8.96. The van der Waals surface area contributed by atoms with Gasteiger partial charge in [0.05, 0.1) is 27.7 Å². The summed E-state index contributed by atoms with van der Waals surface area (Å²) in [5.41, 5.74) is 5.58. The molecule has 1 fully saturated rings. The Morgan fingerprint density at radius 1 is 1.13 bits per heavy atom. The van der Waals surface area contributed by atoms with Crippen LogP contribution < -0.4 is 25.8 Å². The number of sulfonamides is 1. The van der Waals surface area contributed by atoms with Gasteiger partial charge in [0.2, 0.25) is 15.9 Å². The Labute approximate surface area is 271 Å². The number of anilines is 2. The molecule has 0 radical (unpaired) electrons. The van der Waals surface area contributed by atoms with Gasteiger partial charge >= 0.3 is 6.03 Å². The van der Waals surface area contributed by atoms with Gasteiger partial charge in [-0.2, -0.15) is 0 Å². The van der Waals surface area contributed by atoms with Gasteiger partial charge in [0.25, 0.3) is 5.91 Å². The number of primary amides is 1. The molecule has 15 heteroatoms. The van der Waals surface area contributed by atoms with E-state index < -0.39 is 39.2 Å². The largest absolute Gasteiger partial charge is 0.437 e. The molecule has 2 atom stereocenters. The normalized spacial score (nSPS) is 16.9. The first-order chi connectivity index (χ1) is 21.9. The van der Waals surface area contributed by atoms with Crippen LogP contribution in [0.4, 0.5) is 25.0 Å². The van der Waals surface area contributed by atoms with Crippen LogP contribution in [0.25, 0.3) is 0 Å². The van der Waals surface area contributed by atoms with Crippen LogP contribution in [0.1, 0.15) is 61.9 Å². The highest BCUT2D eigenvalue weighted by molar-refractivity contribution is 7.92. The van der Waals surface area contributed by atoms with Crippen LogP contribution >= 0.6 is 11.6 Å². The number of carbonyl (C=O) groups excluding carboxylic acids is 2. The molecule has 4 rings (SSSR count). The van der Waals surface area contributed by atoms with E-state index in [1.807, 2.05) is 6.07 Å². The molecule has 11 nitrogen and oxygen atoms in total. The zero-order chi connectivity index (χ0) is 33.4. The van der Waals surface area contributed by atoms with E-state index >= 15 is 0 Å². The second-order valence-corrected chi connectivity index (χ2v) is 13.4. The maximum absolute atomic E-state index is 14.2. The highest BCUT2D eigenvalue weighted by atomic mass is 35.5. The van der Waals surface area contributed by atoms with Crippen LogP contribution in [0.3, 0.4) is 0 Å². The zero-order valence-corrected chi connectivity index (χ0v) is 27.1. The summed E-state index contributed by atoms with van der Waals surface area (Å²) in [7, 11) is -3.44. The van der Waals surface area contributed by atoms with Gasteiger partial charge in [-0.15, -0.1) is 0 Å². The van der Waals surface area contributed by atoms with Crippen LogP contribution in [0.15, 0.2) is 48.7 Å². The van der Waals surface area contributed by atoms with Crippen molar-refractivity contribution in [2.75, 3.05) is 22.3 Å². The molecule has 3 amide bonds. The van der Waals surface area contributed by atoms with Crippen LogP contribution in [0.2, 0.25) is 5.02 Å². The fourth-order valence-corrected chi connectivity index (χ4v) is 6.02. The maximum Gasteiger partial charge on any atom is 0.319 e. The minimum absolute atomic E-state index is 0.0624.